The molecule has 1 heterocycles. The normalized spacial score (nSPS) is 51.2. The van der Waals surface area contributed by atoms with Gasteiger partial charge in [-0.05, 0) is 0 Å². The molecule has 68 valence electrons. The molecule has 3 N–H and O–H groups in total. The Morgan fingerprint density at radius 1 is 1.67 bits per heavy atom. The van der Waals surface area contributed by atoms with Crippen LogP contribution in [0.25, 0.3) is 0 Å². The van der Waals surface area contributed by atoms with Crippen molar-refractivity contribution < 1.29 is 24.9 Å². The zero-order chi connectivity index (χ0) is 8.93. The summed E-state index contributed by atoms with van der Waals surface area (Å²) in [5, 5.41) is 27.6. The maximum Gasteiger partial charge on any atom is 0.306 e. The van der Waals surface area contributed by atoms with Crippen LogP contribution in [0.3, 0.4) is 0 Å². The molecule has 1 saturated carbocycles. The third kappa shape index (κ3) is 0.708. The molecule has 2 rings (SSSR count). The second-order valence-electron chi connectivity index (χ2n) is 3.36. The molecule has 1 saturated heterocycles. The van der Waals surface area contributed by atoms with Gasteiger partial charge in [0.15, 0.2) is 0 Å². The topological polar surface area (TPSA) is 87.0 Å². The van der Waals surface area contributed by atoms with Gasteiger partial charge in [-0.2, -0.15) is 0 Å². The third-order valence-corrected chi connectivity index (χ3v) is 2.77. The lowest BCUT2D eigenvalue weighted by atomic mass is 9.64. The molecule has 0 radical (unpaired) electrons. The molecule has 2 aliphatic rings. The molecule has 0 aromatic carbocycles. The van der Waals surface area contributed by atoms with E-state index in [1.54, 1.807) is 0 Å². The largest absolute Gasteiger partial charge is 0.459 e. The highest BCUT2D eigenvalue weighted by Crippen LogP contribution is 2.47. The van der Waals surface area contributed by atoms with Gasteiger partial charge in [-0.25, -0.2) is 0 Å². The summed E-state index contributed by atoms with van der Waals surface area (Å²) in [7, 11) is 0. The first kappa shape index (κ1) is 7.97. The lowest BCUT2D eigenvalue weighted by molar-refractivity contribution is -0.255. The molecular weight excluding hydrogens is 164 g/mol. The van der Waals surface area contributed by atoms with E-state index >= 15 is 0 Å². The number of hydrogen-bond donors (Lipinski definition) is 3. The number of esters is 1. The predicted molar refractivity (Wildman–Crippen MR) is 36.0 cm³/mol. The van der Waals surface area contributed by atoms with E-state index in [-0.39, 0.29) is 6.42 Å². The third-order valence-electron chi connectivity index (χ3n) is 2.77. The summed E-state index contributed by atoms with van der Waals surface area (Å²) in [5.74, 6) is -0.863. The van der Waals surface area contributed by atoms with Gasteiger partial charge >= 0.3 is 5.97 Å². The summed E-state index contributed by atoms with van der Waals surface area (Å²) in [4.78, 5) is 10.7. The van der Waals surface area contributed by atoms with Crippen LogP contribution in [0.2, 0.25) is 0 Å². The predicted octanol–water partition coefficient (Wildman–Crippen LogP) is -1.98. The monoisotopic (exact) mass is 174 g/mol. The van der Waals surface area contributed by atoms with E-state index in [4.69, 9.17) is 9.84 Å². The van der Waals surface area contributed by atoms with Gasteiger partial charge < -0.3 is 20.1 Å². The molecule has 0 spiro atoms. The molecule has 4 atom stereocenters. The lowest BCUT2D eigenvalue weighted by Gasteiger charge is -2.49. The fourth-order valence-electron chi connectivity index (χ4n) is 1.92. The number of aliphatic hydroxyl groups is 3. The summed E-state index contributed by atoms with van der Waals surface area (Å²) in [6.07, 6.45) is -1.67. The fraction of sp³-hybridized carbons (Fsp3) is 0.857. The number of fused-ring (bicyclic) bond motifs is 1. The fourth-order valence-corrected chi connectivity index (χ4v) is 1.92. The Morgan fingerprint density at radius 3 is 2.92 bits per heavy atom. The van der Waals surface area contributed by atoms with Crippen LogP contribution < -0.4 is 0 Å². The Morgan fingerprint density at radius 2 is 2.33 bits per heavy atom. The molecular formula is C7H10O5. The Hall–Kier alpha value is -0.650. The molecule has 5 heteroatoms. The lowest BCUT2D eigenvalue weighted by Crippen LogP contribution is -2.69. The smallest absolute Gasteiger partial charge is 0.306 e. The number of hydrogen-bond acceptors (Lipinski definition) is 5. The van der Waals surface area contributed by atoms with E-state index in [0.717, 1.165) is 0 Å². The average molecular weight is 174 g/mol. The van der Waals surface area contributed by atoms with E-state index < -0.39 is 36.3 Å². The number of carbonyl (C=O) groups excluding carboxylic acids is 1. The first-order chi connectivity index (χ1) is 5.59. The molecule has 1 aliphatic heterocycles. The molecule has 0 aromatic rings. The summed E-state index contributed by atoms with van der Waals surface area (Å²) in [6.45, 7) is -0.536. The van der Waals surface area contributed by atoms with Crippen LogP contribution in [0.4, 0.5) is 0 Å². The Labute approximate surface area is 68.6 Å². The maximum atomic E-state index is 10.7. The first-order valence-corrected chi connectivity index (χ1v) is 3.80. The Bertz CT molecular complexity index is 228. The summed E-state index contributed by atoms with van der Waals surface area (Å²) in [5.41, 5.74) is -1.53. The Kier molecular flexibility index (Phi) is 1.45. The van der Waals surface area contributed by atoms with Gasteiger partial charge in [-0.1, -0.05) is 0 Å². The highest BCUT2D eigenvalue weighted by molar-refractivity contribution is 5.73. The number of carbonyl (C=O) groups is 1. The molecule has 0 aromatic heterocycles. The summed E-state index contributed by atoms with van der Waals surface area (Å²) >= 11 is 0. The second kappa shape index (κ2) is 2.18. The van der Waals surface area contributed by atoms with Crippen LogP contribution in [-0.4, -0.2) is 45.7 Å². The molecule has 0 bridgehead atoms. The minimum Gasteiger partial charge on any atom is -0.459 e. The van der Waals surface area contributed by atoms with Crippen molar-refractivity contribution in [3.63, 3.8) is 0 Å². The summed E-state index contributed by atoms with van der Waals surface area (Å²) in [6, 6.07) is 0. The van der Waals surface area contributed by atoms with Gasteiger partial charge in [0.05, 0.1) is 13.0 Å². The molecule has 5 nitrogen and oxygen atoms in total. The maximum absolute atomic E-state index is 10.7. The van der Waals surface area contributed by atoms with Gasteiger partial charge in [0, 0.05) is 5.92 Å². The van der Waals surface area contributed by atoms with Crippen molar-refractivity contribution in [2.24, 2.45) is 5.92 Å². The average Bonchev–Trinajstić information content (AvgIpc) is 2.43. The van der Waals surface area contributed by atoms with Gasteiger partial charge in [0.25, 0.3) is 0 Å². The van der Waals surface area contributed by atoms with Crippen LogP contribution in [0.1, 0.15) is 6.42 Å². The number of rotatable bonds is 1. The standard InChI is InChI=1S/C7H10O5/c8-2-7(11)3-1-4(9)12-5(3)6(7)10/h3,5-6,8,10-11H,1-2H2/t3-,5+,6+,7+/m0/s1. The van der Waals surface area contributed by atoms with E-state index in [2.05, 4.69) is 0 Å². The SMILES string of the molecule is O=C1C[C@H]2[C@@H](O1)[C@@H](O)[C@@]2(O)CO. The van der Waals surface area contributed by atoms with Gasteiger partial charge in [0.2, 0.25) is 0 Å². The van der Waals surface area contributed by atoms with E-state index in [0.29, 0.717) is 0 Å². The van der Waals surface area contributed by atoms with Crippen molar-refractivity contribution in [2.75, 3.05) is 6.61 Å². The van der Waals surface area contributed by atoms with Gasteiger partial charge in [-0.3, -0.25) is 4.79 Å². The highest BCUT2D eigenvalue weighted by atomic mass is 16.6. The zero-order valence-corrected chi connectivity index (χ0v) is 6.30. The minimum atomic E-state index is -1.53. The first-order valence-electron chi connectivity index (χ1n) is 3.80. The van der Waals surface area contributed by atoms with Crippen molar-refractivity contribution in [1.82, 2.24) is 0 Å². The van der Waals surface area contributed by atoms with Crippen molar-refractivity contribution >= 4 is 5.97 Å². The van der Waals surface area contributed by atoms with Crippen molar-refractivity contribution in [1.29, 1.82) is 0 Å². The Balaban J connectivity index is 2.18. The van der Waals surface area contributed by atoms with Gasteiger partial charge in [0.1, 0.15) is 17.8 Å². The van der Waals surface area contributed by atoms with Crippen molar-refractivity contribution in [3.8, 4) is 0 Å². The molecule has 2 fully saturated rings. The van der Waals surface area contributed by atoms with Gasteiger partial charge in [-0.15, -0.1) is 0 Å². The van der Waals surface area contributed by atoms with Crippen LogP contribution in [0.5, 0.6) is 0 Å². The quantitative estimate of drug-likeness (QED) is 0.401. The van der Waals surface area contributed by atoms with Crippen LogP contribution >= 0.6 is 0 Å². The molecule has 1 aliphatic carbocycles. The van der Waals surface area contributed by atoms with Crippen LogP contribution in [0, 0.1) is 5.92 Å². The second-order valence-corrected chi connectivity index (χ2v) is 3.36. The van der Waals surface area contributed by atoms with E-state index in [9.17, 15) is 15.0 Å². The minimum absolute atomic E-state index is 0.0821. The number of ether oxygens (including phenoxy) is 1. The van der Waals surface area contributed by atoms with E-state index in [1.165, 1.54) is 0 Å². The van der Waals surface area contributed by atoms with Crippen LogP contribution in [-0.2, 0) is 9.53 Å². The summed E-state index contributed by atoms with van der Waals surface area (Å²) < 4.78 is 4.71. The molecule has 0 unspecified atom stereocenters. The van der Waals surface area contributed by atoms with Crippen molar-refractivity contribution in [2.45, 2.75) is 24.2 Å². The zero-order valence-electron chi connectivity index (χ0n) is 6.30. The van der Waals surface area contributed by atoms with Crippen molar-refractivity contribution in [3.05, 3.63) is 0 Å². The molecule has 12 heavy (non-hydrogen) atoms. The van der Waals surface area contributed by atoms with Crippen LogP contribution in [0.15, 0.2) is 0 Å². The number of aliphatic hydroxyl groups excluding tert-OH is 2. The molecule has 0 amide bonds. The highest BCUT2D eigenvalue weighted by Gasteiger charge is 2.66. The van der Waals surface area contributed by atoms with E-state index in [1.807, 2.05) is 0 Å².